The number of nitrogens with one attached hydrogen (secondary N) is 3. The van der Waals surface area contributed by atoms with Crippen LogP contribution in [0, 0.1) is 23.6 Å². The van der Waals surface area contributed by atoms with Gasteiger partial charge in [-0.2, -0.15) is 0 Å². The molecule has 0 fully saturated rings. The summed E-state index contributed by atoms with van der Waals surface area (Å²) in [6.45, 7) is 5.29. The van der Waals surface area contributed by atoms with Gasteiger partial charge < -0.3 is 16.1 Å². The second-order valence-electron chi connectivity index (χ2n) is 6.34. The van der Waals surface area contributed by atoms with Crippen molar-refractivity contribution in [3.8, 4) is 0 Å². The minimum atomic E-state index is -0.369. The first-order chi connectivity index (χ1) is 12.7. The molecule has 0 saturated carbocycles. The summed E-state index contributed by atoms with van der Waals surface area (Å²) in [5, 5.41) is 15.7. The van der Waals surface area contributed by atoms with E-state index in [1.54, 1.807) is 26.0 Å². The summed E-state index contributed by atoms with van der Waals surface area (Å²) in [7, 11) is 0. The first-order valence-electron chi connectivity index (χ1n) is 8.29. The third kappa shape index (κ3) is 5.86. The van der Waals surface area contributed by atoms with E-state index in [2.05, 4.69) is 15.0 Å². The Balaban J connectivity index is 2.19. The molecule has 0 spiro atoms. The Bertz CT molecular complexity index is 942. The molecule has 5 N–H and O–H groups in total. The van der Waals surface area contributed by atoms with Crippen LogP contribution in [0.25, 0.3) is 5.57 Å². The Morgan fingerprint density at radius 1 is 1.37 bits per heavy atom. The van der Waals surface area contributed by atoms with E-state index in [0.29, 0.717) is 39.8 Å². The lowest BCUT2D eigenvalue weighted by atomic mass is 10.1. The van der Waals surface area contributed by atoms with Crippen LogP contribution in [-0.4, -0.2) is 27.4 Å². The molecule has 6 nitrogen and oxygen atoms in total. The first-order valence-corrected chi connectivity index (χ1v) is 8.67. The molecule has 0 aliphatic heterocycles. The van der Waals surface area contributed by atoms with Crippen molar-refractivity contribution >= 4 is 34.6 Å². The van der Waals surface area contributed by atoms with Gasteiger partial charge in [-0.15, -0.1) is 0 Å². The second-order valence-corrected chi connectivity index (χ2v) is 6.78. The lowest BCUT2D eigenvalue weighted by molar-refractivity contribution is 0.613. The van der Waals surface area contributed by atoms with Crippen LogP contribution in [0.3, 0.4) is 0 Å². The Morgan fingerprint density at radius 3 is 2.70 bits per heavy atom. The summed E-state index contributed by atoms with van der Waals surface area (Å²) >= 11 is 5.79. The van der Waals surface area contributed by atoms with Gasteiger partial charge in [0.25, 0.3) is 0 Å². The molecule has 0 bridgehead atoms. The van der Waals surface area contributed by atoms with Crippen LogP contribution in [0.4, 0.5) is 4.39 Å². The molecule has 0 radical (unpaired) electrons. The molecule has 2 aromatic rings. The SMILES string of the molecule is CC(=N)CC(N)=NC(=N)/C=C(/C)c1nc(Cc2ccc(Cl)cc2F)c(C)[nH]1. The fourth-order valence-electron chi connectivity index (χ4n) is 2.47. The molecule has 2 rings (SSSR count). The molecule has 0 saturated heterocycles. The maximum absolute atomic E-state index is 14.0. The fraction of sp³-hybridized carbons (Fsp3) is 0.263. The minimum absolute atomic E-state index is 0.0226. The number of nitrogens with two attached hydrogens (primary N) is 1. The first kappa shape index (κ1) is 20.5. The molecule has 0 aliphatic rings. The fourth-order valence-corrected chi connectivity index (χ4v) is 2.63. The van der Waals surface area contributed by atoms with Crippen molar-refractivity contribution in [3.05, 3.63) is 57.9 Å². The van der Waals surface area contributed by atoms with Gasteiger partial charge >= 0.3 is 0 Å². The number of H-pyrrole nitrogens is 1. The number of hydrogen-bond acceptors (Lipinski definition) is 3. The van der Waals surface area contributed by atoms with Crippen molar-refractivity contribution in [2.75, 3.05) is 0 Å². The lowest BCUT2D eigenvalue weighted by Crippen LogP contribution is -2.16. The summed E-state index contributed by atoms with van der Waals surface area (Å²) in [5.74, 6) is 0.405. The van der Waals surface area contributed by atoms with E-state index >= 15 is 0 Å². The number of halogens is 2. The van der Waals surface area contributed by atoms with Crippen molar-refractivity contribution in [1.82, 2.24) is 9.97 Å². The van der Waals surface area contributed by atoms with Crippen molar-refractivity contribution < 1.29 is 4.39 Å². The van der Waals surface area contributed by atoms with Crippen LogP contribution in [-0.2, 0) is 6.42 Å². The predicted molar refractivity (Wildman–Crippen MR) is 109 cm³/mol. The molecule has 1 aromatic carbocycles. The highest BCUT2D eigenvalue weighted by Crippen LogP contribution is 2.20. The highest BCUT2D eigenvalue weighted by molar-refractivity contribution is 6.30. The predicted octanol–water partition coefficient (Wildman–Crippen LogP) is 4.27. The number of hydrogen-bond donors (Lipinski definition) is 4. The van der Waals surface area contributed by atoms with Gasteiger partial charge in [-0.05, 0) is 50.1 Å². The minimum Gasteiger partial charge on any atom is -0.387 e. The van der Waals surface area contributed by atoms with E-state index in [0.717, 1.165) is 5.69 Å². The van der Waals surface area contributed by atoms with Gasteiger partial charge in [0.05, 0.1) is 5.69 Å². The summed E-state index contributed by atoms with van der Waals surface area (Å²) in [4.78, 5) is 11.6. The van der Waals surface area contributed by atoms with Gasteiger partial charge in [-0.1, -0.05) is 17.7 Å². The van der Waals surface area contributed by atoms with Crippen LogP contribution >= 0.6 is 11.6 Å². The van der Waals surface area contributed by atoms with Crippen molar-refractivity contribution in [3.63, 3.8) is 0 Å². The van der Waals surface area contributed by atoms with Crippen LogP contribution in [0.15, 0.2) is 29.3 Å². The van der Waals surface area contributed by atoms with Gasteiger partial charge in [0, 0.05) is 29.3 Å². The summed E-state index contributed by atoms with van der Waals surface area (Å²) in [5.41, 5.74) is 8.83. The van der Waals surface area contributed by atoms with E-state index in [1.807, 2.05) is 6.92 Å². The molecule has 0 amide bonds. The van der Waals surface area contributed by atoms with Crippen LogP contribution in [0.1, 0.15) is 43.0 Å². The number of rotatable bonds is 6. The molecule has 8 heteroatoms. The van der Waals surface area contributed by atoms with Crippen LogP contribution in [0.2, 0.25) is 5.02 Å². The summed E-state index contributed by atoms with van der Waals surface area (Å²) in [6, 6.07) is 4.57. The van der Waals surface area contributed by atoms with E-state index in [-0.39, 0.29) is 23.9 Å². The maximum atomic E-state index is 14.0. The smallest absolute Gasteiger partial charge is 0.146 e. The van der Waals surface area contributed by atoms with E-state index < -0.39 is 0 Å². The van der Waals surface area contributed by atoms with Gasteiger partial charge in [0.15, 0.2) is 0 Å². The Hall–Kier alpha value is -2.80. The number of nitrogens with zero attached hydrogens (tertiary/aromatic N) is 2. The number of aliphatic imine (C=N–C) groups is 1. The van der Waals surface area contributed by atoms with Crippen molar-refractivity contribution in [1.29, 1.82) is 10.8 Å². The number of amidine groups is 2. The van der Waals surface area contributed by atoms with Crippen molar-refractivity contribution in [2.24, 2.45) is 10.7 Å². The van der Waals surface area contributed by atoms with Gasteiger partial charge in [0.2, 0.25) is 0 Å². The van der Waals surface area contributed by atoms with E-state index in [4.69, 9.17) is 28.2 Å². The Morgan fingerprint density at radius 2 is 2.07 bits per heavy atom. The number of aromatic amines is 1. The molecule has 1 heterocycles. The van der Waals surface area contributed by atoms with Gasteiger partial charge in [-0.25, -0.2) is 14.4 Å². The zero-order valence-corrected chi connectivity index (χ0v) is 16.2. The Kier molecular flexibility index (Phi) is 6.63. The second kappa shape index (κ2) is 8.73. The largest absolute Gasteiger partial charge is 0.387 e. The average molecular weight is 389 g/mol. The zero-order chi connectivity index (χ0) is 20.1. The maximum Gasteiger partial charge on any atom is 0.146 e. The number of aromatic nitrogens is 2. The molecular formula is C19H22ClFN6. The summed E-state index contributed by atoms with van der Waals surface area (Å²) in [6.07, 6.45) is 2.10. The normalized spacial score (nSPS) is 12.3. The topological polar surface area (TPSA) is 115 Å². The number of imidazole rings is 1. The lowest BCUT2D eigenvalue weighted by Gasteiger charge is -2.02. The molecule has 0 unspecified atom stereocenters. The van der Waals surface area contributed by atoms with Gasteiger partial charge in [-0.3, -0.25) is 5.41 Å². The standard InChI is InChI=1S/C19H22ClFN6/c1-10(6-17(23)27-18(24)7-11(2)22)19-25-12(3)16(26-19)8-13-4-5-14(20)9-15(13)21/h4-6,9,22H,7-8H2,1-3H3,(H,25,26)(H3,23,24,27)/b10-6-,22-11?. The molecule has 142 valence electrons. The zero-order valence-electron chi connectivity index (χ0n) is 15.5. The van der Waals surface area contributed by atoms with E-state index in [9.17, 15) is 4.39 Å². The van der Waals surface area contributed by atoms with Crippen LogP contribution < -0.4 is 5.73 Å². The molecule has 0 atom stereocenters. The van der Waals surface area contributed by atoms with Crippen molar-refractivity contribution in [2.45, 2.75) is 33.6 Å². The highest BCUT2D eigenvalue weighted by Gasteiger charge is 2.12. The molecular weight excluding hydrogens is 367 g/mol. The number of allylic oxidation sites excluding steroid dienone is 1. The van der Waals surface area contributed by atoms with E-state index in [1.165, 1.54) is 12.1 Å². The highest BCUT2D eigenvalue weighted by atomic mass is 35.5. The molecule has 27 heavy (non-hydrogen) atoms. The van der Waals surface area contributed by atoms with Gasteiger partial charge in [0.1, 0.15) is 23.3 Å². The van der Waals surface area contributed by atoms with Crippen LogP contribution in [0.5, 0.6) is 0 Å². The third-order valence-corrected chi connectivity index (χ3v) is 4.03. The number of aryl methyl sites for hydroxylation is 1. The quantitative estimate of drug-likeness (QED) is 0.437. The monoisotopic (exact) mass is 388 g/mol. The molecule has 0 aliphatic carbocycles. The average Bonchev–Trinajstić information content (AvgIpc) is 2.90. The molecule has 1 aromatic heterocycles. The number of benzene rings is 1. The Labute approximate surface area is 162 Å². The summed E-state index contributed by atoms with van der Waals surface area (Å²) < 4.78 is 14.0. The third-order valence-electron chi connectivity index (χ3n) is 3.80.